The Morgan fingerprint density at radius 2 is 1.00 bits per heavy atom. The standard InChI is InChI=1S/Ba.2FH.O2Si/c;;;1-3-2/h;2*1H;/q+2;;;/p-2. The van der Waals surface area contributed by atoms with Gasteiger partial charge in [0.1, 0.15) is 0 Å². The van der Waals surface area contributed by atoms with Gasteiger partial charge in [0.05, 0.1) is 0 Å². The van der Waals surface area contributed by atoms with Crippen molar-refractivity contribution >= 4 is 58.2 Å². The van der Waals surface area contributed by atoms with Gasteiger partial charge in [0.15, 0.2) is 0 Å². The van der Waals surface area contributed by atoms with Gasteiger partial charge in [0.25, 0.3) is 0 Å². The maximum absolute atomic E-state index is 8.40. The summed E-state index contributed by atoms with van der Waals surface area (Å²) in [6.07, 6.45) is 0. The third-order valence-corrected chi connectivity index (χ3v) is 0. The van der Waals surface area contributed by atoms with Crippen molar-refractivity contribution in [2.45, 2.75) is 0 Å². The summed E-state index contributed by atoms with van der Waals surface area (Å²) >= 11 is 0. The molecule has 0 aliphatic heterocycles. The number of halogens is 2. The predicted molar refractivity (Wildman–Crippen MR) is 12.9 cm³/mol. The van der Waals surface area contributed by atoms with E-state index in [9.17, 15) is 0 Å². The first-order valence-corrected chi connectivity index (χ1v) is 1.22. The Hall–Kier alpha value is 1.25. The Bertz CT molecular complexity index is 32.5. The summed E-state index contributed by atoms with van der Waals surface area (Å²) in [7, 11) is -1.42. The monoisotopic (exact) mass is 236 g/mol. The summed E-state index contributed by atoms with van der Waals surface area (Å²) in [5.41, 5.74) is 0. The minimum atomic E-state index is -1.42. The molecule has 0 heterocycles. The van der Waals surface area contributed by atoms with Crippen LogP contribution in [-0.4, -0.2) is 58.2 Å². The number of hydrogen-bond acceptors (Lipinski definition) is 2. The molecule has 0 atom stereocenters. The van der Waals surface area contributed by atoms with E-state index in [4.69, 9.17) is 8.92 Å². The van der Waals surface area contributed by atoms with Crippen LogP contribution in [0.25, 0.3) is 0 Å². The SMILES string of the molecule is O=[Si]=O.[Ba+2].[F-].[F-]. The van der Waals surface area contributed by atoms with Crippen LogP contribution in [0, 0.1) is 0 Å². The van der Waals surface area contributed by atoms with Crippen LogP contribution >= 0.6 is 0 Å². The van der Waals surface area contributed by atoms with Crippen molar-refractivity contribution in [2.24, 2.45) is 0 Å². The fraction of sp³-hybridized carbons (Fsp3) is 0. The number of hydrogen-bond donors (Lipinski definition) is 0. The summed E-state index contributed by atoms with van der Waals surface area (Å²) in [6.45, 7) is 0. The Kier molecular flexibility index (Phi) is 152. The van der Waals surface area contributed by atoms with E-state index in [0.29, 0.717) is 0 Å². The third-order valence-electron chi connectivity index (χ3n) is 0. The molecule has 0 aliphatic carbocycles. The summed E-state index contributed by atoms with van der Waals surface area (Å²) in [5.74, 6) is 0. The van der Waals surface area contributed by atoms with E-state index in [1.165, 1.54) is 0 Å². The van der Waals surface area contributed by atoms with Gasteiger partial charge in [-0.1, -0.05) is 0 Å². The second-order valence-electron chi connectivity index (χ2n) is 0.0833. The molecule has 6 heavy (non-hydrogen) atoms. The van der Waals surface area contributed by atoms with Crippen molar-refractivity contribution in [3.05, 3.63) is 0 Å². The first-order valence-electron chi connectivity index (χ1n) is 0.408. The molecule has 0 aromatic carbocycles. The quantitative estimate of drug-likeness (QED) is 0.391. The molecule has 0 N–H and O–H groups in total. The van der Waals surface area contributed by atoms with E-state index in [1.807, 2.05) is 0 Å². The molecule has 0 aromatic heterocycles. The molecule has 0 saturated heterocycles. The molecule has 6 heteroatoms. The Morgan fingerprint density at radius 1 is 1.00 bits per heavy atom. The molecule has 0 radical (unpaired) electrons. The summed E-state index contributed by atoms with van der Waals surface area (Å²) in [4.78, 5) is 0. The van der Waals surface area contributed by atoms with Gasteiger partial charge in [0, 0.05) is 0 Å². The van der Waals surface area contributed by atoms with Gasteiger partial charge in [-0.3, -0.25) is 8.92 Å². The molecule has 32 valence electrons. The molecule has 2 nitrogen and oxygen atoms in total. The molecule has 0 rings (SSSR count). The number of rotatable bonds is 0. The average Bonchev–Trinajstić information content (AvgIpc) is 0.918. The van der Waals surface area contributed by atoms with Crippen LogP contribution in [-0.2, 0) is 8.92 Å². The van der Waals surface area contributed by atoms with Gasteiger partial charge in [0.2, 0.25) is 0 Å². The molecular formula is BaF2O2Si. The van der Waals surface area contributed by atoms with Crippen molar-refractivity contribution < 1.29 is 18.3 Å². The van der Waals surface area contributed by atoms with Crippen LogP contribution < -0.4 is 9.41 Å². The molecule has 0 saturated carbocycles. The van der Waals surface area contributed by atoms with Crippen LogP contribution in [0.15, 0.2) is 0 Å². The minimum Gasteiger partial charge on any atom is -1.00 e. The normalized spacial score (nSPS) is 1.33. The van der Waals surface area contributed by atoms with E-state index in [0.717, 1.165) is 0 Å². The van der Waals surface area contributed by atoms with Crippen LogP contribution in [0.2, 0.25) is 0 Å². The van der Waals surface area contributed by atoms with Crippen molar-refractivity contribution in [3.8, 4) is 0 Å². The Balaban J connectivity index is -0.00000000667. The van der Waals surface area contributed by atoms with Crippen molar-refractivity contribution in [1.29, 1.82) is 0 Å². The smallest absolute Gasteiger partial charge is 1.00 e. The molecule has 0 unspecified atom stereocenters. The van der Waals surface area contributed by atoms with E-state index < -0.39 is 9.29 Å². The van der Waals surface area contributed by atoms with E-state index in [2.05, 4.69) is 0 Å². The molecule has 0 amide bonds. The molecule has 0 bridgehead atoms. The van der Waals surface area contributed by atoms with E-state index in [-0.39, 0.29) is 58.3 Å². The van der Waals surface area contributed by atoms with E-state index >= 15 is 0 Å². The minimum absolute atomic E-state index is 0. The first kappa shape index (κ1) is 26.8. The van der Waals surface area contributed by atoms with Crippen LogP contribution in [0.1, 0.15) is 0 Å². The summed E-state index contributed by atoms with van der Waals surface area (Å²) in [5, 5.41) is 0. The molecule has 0 aliphatic rings. The second-order valence-corrected chi connectivity index (χ2v) is 0.250. The van der Waals surface area contributed by atoms with Gasteiger partial charge in [-0.15, -0.1) is 0 Å². The Morgan fingerprint density at radius 3 is 1.00 bits per heavy atom. The first-order chi connectivity index (χ1) is 1.41. The summed E-state index contributed by atoms with van der Waals surface area (Å²) < 4.78 is 16.8. The van der Waals surface area contributed by atoms with Gasteiger partial charge < -0.3 is 9.41 Å². The van der Waals surface area contributed by atoms with Crippen LogP contribution in [0.4, 0.5) is 0 Å². The molecular weight excluding hydrogens is 235 g/mol. The van der Waals surface area contributed by atoms with Crippen molar-refractivity contribution in [3.63, 3.8) is 0 Å². The molecule has 0 spiro atoms. The van der Waals surface area contributed by atoms with Gasteiger partial charge in [-0.2, -0.15) is 0 Å². The van der Waals surface area contributed by atoms with Gasteiger partial charge >= 0.3 is 58.2 Å². The largest absolute Gasteiger partial charge is 2.00 e. The fourth-order valence-corrected chi connectivity index (χ4v) is 0. The zero-order chi connectivity index (χ0) is 2.71. The predicted octanol–water partition coefficient (Wildman–Crippen LogP) is -6.99. The zero-order valence-electron chi connectivity index (χ0n) is 2.78. The topological polar surface area (TPSA) is 34.1 Å². The van der Waals surface area contributed by atoms with Crippen molar-refractivity contribution in [1.82, 2.24) is 0 Å². The van der Waals surface area contributed by atoms with Crippen LogP contribution in [0.5, 0.6) is 0 Å². The van der Waals surface area contributed by atoms with Crippen LogP contribution in [0.3, 0.4) is 0 Å². The zero-order valence-corrected chi connectivity index (χ0v) is 8.22. The van der Waals surface area contributed by atoms with Gasteiger partial charge in [-0.25, -0.2) is 0 Å². The maximum Gasteiger partial charge on any atom is 2.00 e. The maximum atomic E-state index is 8.40. The molecule has 0 fully saturated rings. The van der Waals surface area contributed by atoms with Crippen molar-refractivity contribution in [2.75, 3.05) is 0 Å². The third kappa shape index (κ3) is 60.8. The van der Waals surface area contributed by atoms with E-state index in [1.54, 1.807) is 0 Å². The second kappa shape index (κ2) is 34.0. The fourth-order valence-electron chi connectivity index (χ4n) is 0. The average molecular weight is 235 g/mol. The van der Waals surface area contributed by atoms with Gasteiger partial charge in [-0.05, 0) is 0 Å². The summed E-state index contributed by atoms with van der Waals surface area (Å²) in [6, 6.07) is 0. The molecule has 0 aromatic rings. The Labute approximate surface area is 75.4 Å².